The zero-order valence-corrected chi connectivity index (χ0v) is 12.1. The molecule has 0 saturated carbocycles. The van der Waals surface area contributed by atoms with Crippen LogP contribution in [0.4, 0.5) is 4.39 Å². The highest BCUT2D eigenvalue weighted by molar-refractivity contribution is 9.10. The van der Waals surface area contributed by atoms with Crippen LogP contribution in [0.3, 0.4) is 0 Å². The molecule has 0 N–H and O–H groups in total. The lowest BCUT2D eigenvalue weighted by molar-refractivity contribution is 0.413. The lowest BCUT2D eigenvalue weighted by Crippen LogP contribution is -1.94. The molecule has 0 aliphatic rings. The SMILES string of the molecule is COc1ccsc1C(Cl)c1ccc(F)c(Br)c1. The molecule has 0 bridgehead atoms. The summed E-state index contributed by atoms with van der Waals surface area (Å²) in [5.41, 5.74) is 0.834. The van der Waals surface area contributed by atoms with E-state index >= 15 is 0 Å². The van der Waals surface area contributed by atoms with Gasteiger partial charge >= 0.3 is 0 Å². The van der Waals surface area contributed by atoms with Crippen LogP contribution < -0.4 is 4.74 Å². The van der Waals surface area contributed by atoms with Crippen molar-refractivity contribution in [3.8, 4) is 5.75 Å². The van der Waals surface area contributed by atoms with Gasteiger partial charge in [0.25, 0.3) is 0 Å². The predicted molar refractivity (Wildman–Crippen MR) is 72.7 cm³/mol. The number of ether oxygens (including phenoxy) is 1. The fraction of sp³-hybridized carbons (Fsp3) is 0.167. The molecule has 0 aliphatic carbocycles. The van der Waals surface area contributed by atoms with Crippen LogP contribution in [0.5, 0.6) is 5.75 Å². The number of rotatable bonds is 3. The third-order valence-electron chi connectivity index (χ3n) is 2.34. The highest BCUT2D eigenvalue weighted by atomic mass is 79.9. The molecule has 0 fully saturated rings. The van der Waals surface area contributed by atoms with Crippen LogP contribution in [0, 0.1) is 5.82 Å². The lowest BCUT2D eigenvalue weighted by Gasteiger charge is -2.10. The molecule has 0 saturated heterocycles. The normalized spacial score (nSPS) is 12.5. The number of benzene rings is 1. The van der Waals surface area contributed by atoms with E-state index in [1.165, 1.54) is 17.4 Å². The largest absolute Gasteiger partial charge is 0.496 e. The Bertz CT molecular complexity index is 529. The molecule has 1 nitrogen and oxygen atoms in total. The van der Waals surface area contributed by atoms with E-state index in [1.807, 2.05) is 11.4 Å². The Morgan fingerprint density at radius 2 is 2.18 bits per heavy atom. The first-order valence-electron chi connectivity index (χ1n) is 4.84. The second-order valence-electron chi connectivity index (χ2n) is 3.39. The molecule has 2 rings (SSSR count). The zero-order valence-electron chi connectivity index (χ0n) is 8.91. The maximum Gasteiger partial charge on any atom is 0.137 e. The van der Waals surface area contributed by atoms with Crippen molar-refractivity contribution in [3.63, 3.8) is 0 Å². The first-order valence-corrected chi connectivity index (χ1v) is 6.94. The van der Waals surface area contributed by atoms with E-state index in [0.29, 0.717) is 4.47 Å². The van der Waals surface area contributed by atoms with Crippen molar-refractivity contribution >= 4 is 38.9 Å². The van der Waals surface area contributed by atoms with E-state index in [2.05, 4.69) is 15.9 Å². The van der Waals surface area contributed by atoms with Crippen molar-refractivity contribution < 1.29 is 9.13 Å². The maximum absolute atomic E-state index is 13.1. The van der Waals surface area contributed by atoms with Gasteiger partial charge in [-0.3, -0.25) is 0 Å². The molecule has 0 aliphatic heterocycles. The van der Waals surface area contributed by atoms with Gasteiger partial charge in [0.05, 0.1) is 21.8 Å². The molecule has 1 aromatic heterocycles. The monoisotopic (exact) mass is 334 g/mol. The Labute approximate surface area is 116 Å². The van der Waals surface area contributed by atoms with Gasteiger partial charge in [0.1, 0.15) is 11.6 Å². The quantitative estimate of drug-likeness (QED) is 0.718. The number of alkyl halides is 1. The van der Waals surface area contributed by atoms with Crippen LogP contribution in [0.1, 0.15) is 15.8 Å². The lowest BCUT2D eigenvalue weighted by atomic mass is 10.1. The summed E-state index contributed by atoms with van der Waals surface area (Å²) in [4.78, 5) is 0.924. The van der Waals surface area contributed by atoms with Gasteiger partial charge in [-0.2, -0.15) is 0 Å². The molecule has 1 atom stereocenters. The first kappa shape index (κ1) is 12.9. The summed E-state index contributed by atoms with van der Waals surface area (Å²) in [6.07, 6.45) is 0. The Hall–Kier alpha value is -0.580. The number of hydrogen-bond donors (Lipinski definition) is 0. The molecule has 0 radical (unpaired) electrons. The molecule has 1 unspecified atom stereocenters. The van der Waals surface area contributed by atoms with Crippen LogP contribution in [0.15, 0.2) is 34.1 Å². The molecule has 0 spiro atoms. The van der Waals surface area contributed by atoms with E-state index in [0.717, 1.165) is 16.2 Å². The third-order valence-corrected chi connectivity index (χ3v) is 4.51. The second-order valence-corrected chi connectivity index (χ2v) is 5.63. The van der Waals surface area contributed by atoms with Gasteiger partial charge in [-0.25, -0.2) is 4.39 Å². The average Bonchev–Trinajstić information content (AvgIpc) is 2.80. The van der Waals surface area contributed by atoms with Crippen molar-refractivity contribution in [2.24, 2.45) is 0 Å². The Kier molecular flexibility index (Phi) is 4.07. The second kappa shape index (κ2) is 5.38. The summed E-state index contributed by atoms with van der Waals surface area (Å²) in [7, 11) is 1.61. The van der Waals surface area contributed by atoms with Crippen molar-refractivity contribution in [3.05, 3.63) is 50.4 Å². The van der Waals surface area contributed by atoms with E-state index in [9.17, 15) is 4.39 Å². The van der Waals surface area contributed by atoms with Crippen molar-refractivity contribution in [2.45, 2.75) is 5.38 Å². The minimum absolute atomic E-state index is 0.296. The summed E-state index contributed by atoms with van der Waals surface area (Å²) in [6.45, 7) is 0. The molecule has 17 heavy (non-hydrogen) atoms. The van der Waals surface area contributed by atoms with Gasteiger partial charge < -0.3 is 4.74 Å². The fourth-order valence-electron chi connectivity index (χ4n) is 1.48. The van der Waals surface area contributed by atoms with Crippen LogP contribution >= 0.6 is 38.9 Å². The van der Waals surface area contributed by atoms with Crippen LogP contribution in [-0.2, 0) is 0 Å². The maximum atomic E-state index is 13.1. The van der Waals surface area contributed by atoms with E-state index in [4.69, 9.17) is 16.3 Å². The van der Waals surface area contributed by atoms with E-state index in [1.54, 1.807) is 19.2 Å². The summed E-state index contributed by atoms with van der Waals surface area (Å²) in [5.74, 6) is 0.464. The third kappa shape index (κ3) is 2.64. The van der Waals surface area contributed by atoms with Gasteiger partial charge in [0, 0.05) is 0 Å². The molecule has 0 amide bonds. The van der Waals surface area contributed by atoms with Crippen molar-refractivity contribution in [1.29, 1.82) is 0 Å². The van der Waals surface area contributed by atoms with Gasteiger partial charge in [0.15, 0.2) is 0 Å². The minimum Gasteiger partial charge on any atom is -0.496 e. The number of hydrogen-bond acceptors (Lipinski definition) is 2. The van der Waals surface area contributed by atoms with Crippen molar-refractivity contribution in [1.82, 2.24) is 0 Å². The molecular formula is C12H9BrClFOS. The molecular weight excluding hydrogens is 327 g/mol. The van der Waals surface area contributed by atoms with Gasteiger partial charge in [0.2, 0.25) is 0 Å². The number of methoxy groups -OCH3 is 1. The van der Waals surface area contributed by atoms with Crippen molar-refractivity contribution in [2.75, 3.05) is 7.11 Å². The van der Waals surface area contributed by atoms with E-state index in [-0.39, 0.29) is 11.2 Å². The standard InChI is InChI=1S/C12H9BrClFOS/c1-16-10-4-5-17-12(10)11(14)7-2-3-9(15)8(13)6-7/h2-6,11H,1H3. The summed E-state index contributed by atoms with van der Waals surface area (Å²) in [5, 5.41) is 1.59. The molecule has 2 aromatic rings. The minimum atomic E-state index is -0.332. The van der Waals surface area contributed by atoms with Gasteiger partial charge in [-0.15, -0.1) is 22.9 Å². The van der Waals surface area contributed by atoms with Crippen LogP contribution in [-0.4, -0.2) is 7.11 Å². The van der Waals surface area contributed by atoms with Gasteiger partial charge in [-0.1, -0.05) is 6.07 Å². The van der Waals surface area contributed by atoms with Crippen LogP contribution in [0.2, 0.25) is 0 Å². The smallest absolute Gasteiger partial charge is 0.137 e. The highest BCUT2D eigenvalue weighted by Crippen LogP contribution is 2.39. The molecule has 90 valence electrons. The summed E-state index contributed by atoms with van der Waals surface area (Å²) in [6, 6.07) is 6.63. The number of thiophene rings is 1. The predicted octanol–water partition coefficient (Wildman–Crippen LogP) is 4.99. The number of halogens is 3. The highest BCUT2D eigenvalue weighted by Gasteiger charge is 2.18. The fourth-order valence-corrected chi connectivity index (χ4v) is 3.14. The topological polar surface area (TPSA) is 9.23 Å². The average molecular weight is 336 g/mol. The molecule has 5 heteroatoms. The zero-order chi connectivity index (χ0) is 12.4. The van der Waals surface area contributed by atoms with Crippen LogP contribution in [0.25, 0.3) is 0 Å². The Morgan fingerprint density at radius 3 is 2.82 bits per heavy atom. The summed E-state index contributed by atoms with van der Waals surface area (Å²) >= 11 is 11.0. The molecule has 1 heterocycles. The Balaban J connectivity index is 2.36. The summed E-state index contributed by atoms with van der Waals surface area (Å²) < 4.78 is 18.8. The van der Waals surface area contributed by atoms with Gasteiger partial charge in [-0.05, 0) is 45.1 Å². The molecule has 1 aromatic carbocycles. The van der Waals surface area contributed by atoms with E-state index < -0.39 is 0 Å². The first-order chi connectivity index (χ1) is 8.13. The Morgan fingerprint density at radius 1 is 1.41 bits per heavy atom.